The molecular weight excluding hydrogens is 256 g/mol. The van der Waals surface area contributed by atoms with Gasteiger partial charge in [0.2, 0.25) is 5.91 Å². The van der Waals surface area contributed by atoms with Gasteiger partial charge in [-0.3, -0.25) is 9.59 Å². The third-order valence-electron chi connectivity index (χ3n) is 2.13. The summed E-state index contributed by atoms with van der Waals surface area (Å²) >= 11 is 5.90. The van der Waals surface area contributed by atoms with Gasteiger partial charge in [0.25, 0.3) is 0 Å². The number of carbonyl (C=O) groups is 2. The van der Waals surface area contributed by atoms with Gasteiger partial charge in [0.1, 0.15) is 12.2 Å². The summed E-state index contributed by atoms with van der Waals surface area (Å²) in [7, 11) is 0. The molecule has 1 aromatic heterocycles. The molecule has 0 aliphatic rings. The van der Waals surface area contributed by atoms with Gasteiger partial charge in [0.15, 0.2) is 6.29 Å². The second kappa shape index (κ2) is 5.42. The maximum absolute atomic E-state index is 11.7. The van der Waals surface area contributed by atoms with Gasteiger partial charge in [-0.2, -0.15) is 0 Å². The van der Waals surface area contributed by atoms with Crippen molar-refractivity contribution in [2.45, 2.75) is 6.54 Å². The van der Waals surface area contributed by atoms with E-state index in [1.165, 1.54) is 10.9 Å². The fourth-order valence-corrected chi connectivity index (χ4v) is 1.53. The lowest BCUT2D eigenvalue weighted by Crippen LogP contribution is -2.19. The summed E-state index contributed by atoms with van der Waals surface area (Å²) in [6, 6.07) is 6.91. The average Bonchev–Trinajstić information content (AvgIpc) is 2.80. The van der Waals surface area contributed by atoms with Crippen molar-refractivity contribution in [3.63, 3.8) is 0 Å². The van der Waals surface area contributed by atoms with Crippen molar-refractivity contribution in [1.29, 1.82) is 0 Å². The van der Waals surface area contributed by atoms with E-state index < -0.39 is 0 Å². The summed E-state index contributed by atoms with van der Waals surface area (Å²) in [5.74, 6) is -0.301. The lowest BCUT2D eigenvalue weighted by molar-refractivity contribution is -0.116. The summed E-state index contributed by atoms with van der Waals surface area (Å²) < 4.78 is 1.27. The molecule has 0 saturated carbocycles. The van der Waals surface area contributed by atoms with Crippen LogP contribution in [0.25, 0.3) is 0 Å². The molecule has 0 spiro atoms. The van der Waals surface area contributed by atoms with Crippen molar-refractivity contribution in [3.8, 4) is 0 Å². The smallest absolute Gasteiger partial charge is 0.246 e. The van der Waals surface area contributed by atoms with Crippen LogP contribution in [0.3, 0.4) is 0 Å². The number of anilines is 1. The molecule has 18 heavy (non-hydrogen) atoms. The minimum atomic E-state index is -0.301. The van der Waals surface area contributed by atoms with Crippen LogP contribution < -0.4 is 5.32 Å². The molecule has 0 radical (unpaired) electrons. The summed E-state index contributed by atoms with van der Waals surface area (Å²) in [4.78, 5) is 22.1. The van der Waals surface area contributed by atoms with Crippen molar-refractivity contribution in [2.75, 3.05) is 5.32 Å². The number of hydrogen-bond acceptors (Lipinski definition) is 4. The first-order chi connectivity index (χ1) is 8.69. The monoisotopic (exact) mass is 264 g/mol. The molecule has 1 amide bonds. The van der Waals surface area contributed by atoms with E-state index in [2.05, 4.69) is 15.6 Å². The zero-order valence-corrected chi connectivity index (χ0v) is 9.96. The van der Waals surface area contributed by atoms with Crippen LogP contribution in [-0.4, -0.2) is 27.2 Å². The topological polar surface area (TPSA) is 76.9 Å². The Hall–Kier alpha value is -2.21. The molecule has 2 aromatic rings. The van der Waals surface area contributed by atoms with Crippen molar-refractivity contribution >= 4 is 29.5 Å². The molecule has 1 N–H and O–H groups in total. The summed E-state index contributed by atoms with van der Waals surface area (Å²) in [6.07, 6.45) is 1.95. The largest absolute Gasteiger partial charge is 0.323 e. The van der Waals surface area contributed by atoms with Crippen LogP contribution in [0.4, 0.5) is 5.69 Å². The highest BCUT2D eigenvalue weighted by Gasteiger charge is 2.07. The van der Waals surface area contributed by atoms with Crippen molar-refractivity contribution in [1.82, 2.24) is 15.0 Å². The van der Waals surface area contributed by atoms with E-state index >= 15 is 0 Å². The van der Waals surface area contributed by atoms with Gasteiger partial charge < -0.3 is 5.32 Å². The van der Waals surface area contributed by atoms with Crippen LogP contribution in [0.5, 0.6) is 0 Å². The van der Waals surface area contributed by atoms with Gasteiger partial charge >= 0.3 is 0 Å². The van der Waals surface area contributed by atoms with Crippen molar-refractivity contribution in [2.24, 2.45) is 0 Å². The predicted octanol–water partition coefficient (Wildman–Crippen LogP) is 1.38. The van der Waals surface area contributed by atoms with Crippen LogP contribution in [0.1, 0.15) is 10.5 Å². The Morgan fingerprint density at radius 3 is 2.89 bits per heavy atom. The van der Waals surface area contributed by atoms with E-state index in [1.807, 2.05) is 0 Å². The second-order valence-electron chi connectivity index (χ2n) is 3.49. The second-order valence-corrected chi connectivity index (χ2v) is 3.89. The maximum atomic E-state index is 11.7. The van der Waals surface area contributed by atoms with E-state index in [4.69, 9.17) is 11.6 Å². The first-order valence-electron chi connectivity index (χ1n) is 5.09. The van der Waals surface area contributed by atoms with E-state index in [0.717, 1.165) is 0 Å². The molecule has 0 atom stereocenters. The molecule has 0 fully saturated rings. The lowest BCUT2D eigenvalue weighted by Gasteiger charge is -2.06. The fourth-order valence-electron chi connectivity index (χ4n) is 1.34. The highest BCUT2D eigenvalue weighted by atomic mass is 35.5. The number of rotatable bonds is 4. The standard InChI is InChI=1S/C11H9ClN4O2/c12-9-3-1-2-4-10(9)13-11(18)6-16-5-8(7-17)14-15-16/h1-5,7H,6H2,(H,13,18). The molecule has 7 heteroatoms. The average molecular weight is 265 g/mol. The highest BCUT2D eigenvalue weighted by Crippen LogP contribution is 2.20. The minimum Gasteiger partial charge on any atom is -0.323 e. The highest BCUT2D eigenvalue weighted by molar-refractivity contribution is 6.33. The normalized spacial score (nSPS) is 10.1. The van der Waals surface area contributed by atoms with Gasteiger partial charge in [0, 0.05) is 0 Å². The Labute approximate surface area is 108 Å². The molecule has 92 valence electrons. The number of carbonyl (C=O) groups excluding carboxylic acids is 2. The Balaban J connectivity index is 2.01. The van der Waals surface area contributed by atoms with Crippen molar-refractivity contribution in [3.05, 3.63) is 41.2 Å². The summed E-state index contributed by atoms with van der Waals surface area (Å²) in [5, 5.41) is 10.3. The van der Waals surface area contributed by atoms with Crippen LogP contribution in [-0.2, 0) is 11.3 Å². The number of amides is 1. The molecule has 0 saturated heterocycles. The van der Waals surface area contributed by atoms with E-state index in [-0.39, 0.29) is 18.1 Å². The predicted molar refractivity (Wildman–Crippen MR) is 65.5 cm³/mol. The molecule has 0 bridgehead atoms. The first kappa shape index (κ1) is 12.3. The first-order valence-corrected chi connectivity index (χ1v) is 5.46. The van der Waals surface area contributed by atoms with Crippen LogP contribution in [0.15, 0.2) is 30.5 Å². The zero-order valence-electron chi connectivity index (χ0n) is 9.21. The third-order valence-corrected chi connectivity index (χ3v) is 2.46. The molecule has 2 rings (SSSR count). The molecule has 6 nitrogen and oxygen atoms in total. The molecule has 1 aromatic carbocycles. The maximum Gasteiger partial charge on any atom is 0.246 e. The van der Waals surface area contributed by atoms with Gasteiger partial charge in [-0.05, 0) is 12.1 Å². The molecular formula is C11H9ClN4O2. The van der Waals surface area contributed by atoms with E-state index in [0.29, 0.717) is 17.0 Å². The van der Waals surface area contributed by atoms with Crippen LogP contribution >= 0.6 is 11.6 Å². The zero-order chi connectivity index (χ0) is 13.0. The van der Waals surface area contributed by atoms with Gasteiger partial charge in [-0.25, -0.2) is 4.68 Å². The SMILES string of the molecule is O=Cc1cn(CC(=O)Nc2ccccc2Cl)nn1. The number of nitrogens with one attached hydrogen (secondary N) is 1. The molecule has 0 unspecified atom stereocenters. The number of benzene rings is 1. The minimum absolute atomic E-state index is 0.0357. The lowest BCUT2D eigenvalue weighted by atomic mass is 10.3. The van der Waals surface area contributed by atoms with E-state index in [1.54, 1.807) is 24.3 Å². The number of nitrogens with zero attached hydrogens (tertiary/aromatic N) is 3. The number of aldehydes is 1. The third kappa shape index (κ3) is 2.92. The van der Waals surface area contributed by atoms with Crippen molar-refractivity contribution < 1.29 is 9.59 Å². The molecule has 0 aliphatic carbocycles. The van der Waals surface area contributed by atoms with E-state index in [9.17, 15) is 9.59 Å². The van der Waals surface area contributed by atoms with Crippen LogP contribution in [0, 0.1) is 0 Å². The van der Waals surface area contributed by atoms with Gasteiger partial charge in [0.05, 0.1) is 16.9 Å². The van der Waals surface area contributed by atoms with Gasteiger partial charge in [-0.15, -0.1) is 5.10 Å². The Kier molecular flexibility index (Phi) is 3.69. The number of aromatic nitrogens is 3. The number of hydrogen-bond donors (Lipinski definition) is 1. The summed E-state index contributed by atoms with van der Waals surface area (Å²) in [5.41, 5.74) is 0.709. The molecule has 1 heterocycles. The Morgan fingerprint density at radius 1 is 1.44 bits per heavy atom. The fraction of sp³-hybridized carbons (Fsp3) is 0.0909. The number of para-hydroxylation sites is 1. The van der Waals surface area contributed by atoms with Crippen LogP contribution in [0.2, 0.25) is 5.02 Å². The number of halogens is 1. The summed E-state index contributed by atoms with van der Waals surface area (Å²) in [6.45, 7) is -0.0357. The Morgan fingerprint density at radius 2 is 2.22 bits per heavy atom. The Bertz CT molecular complexity index is 582. The quantitative estimate of drug-likeness (QED) is 0.847. The molecule has 0 aliphatic heterocycles. The van der Waals surface area contributed by atoms with Gasteiger partial charge in [-0.1, -0.05) is 28.9 Å².